The quantitative estimate of drug-likeness (QED) is 0.0195. The number of hydrogen-bond donors (Lipinski definition) is 0. The van der Waals surface area contributed by atoms with Crippen LogP contribution in [0.25, 0.3) is 0 Å². The summed E-state index contributed by atoms with van der Waals surface area (Å²) in [6, 6.07) is 0. The van der Waals surface area contributed by atoms with Crippen molar-refractivity contribution in [3.63, 3.8) is 0 Å². The van der Waals surface area contributed by atoms with Crippen LogP contribution in [0.2, 0.25) is 0 Å². The Bertz CT molecular complexity index is 1420. The van der Waals surface area contributed by atoms with Crippen LogP contribution in [0.4, 0.5) is 0 Å². The lowest BCUT2D eigenvalue weighted by atomic mass is 10.0. The minimum absolute atomic E-state index is 0.0310. The highest BCUT2D eigenvalue weighted by Crippen LogP contribution is 2.38. The molecule has 0 rings (SSSR count). The standard InChI is InChI=1S/C63H116NO8P/c1-6-8-10-12-14-16-18-19-20-21-22-23-24-25-26-27-28-29-30-31-32-33-34-35-36-37-38-39-40-41-42-43-44-45-46-48-50-52-54-56-63(66)72-61(60-71-73(67,68)70-58-57-64(3,4)5)59-69-62(65)55-53-51-49-47-17-15-13-11-9-7-2/h8,10-11,13-14,16,19-20,22-23,61H,6-7,9,12,15,17-18,21,24-60H2,1-5H3/b10-8-,13-11-,16-14-,20-19-,23-22-. The molecule has 73 heavy (non-hydrogen) atoms. The fraction of sp³-hybridized carbons (Fsp3) is 0.810. The van der Waals surface area contributed by atoms with Crippen LogP contribution in [-0.2, 0) is 32.7 Å². The average Bonchev–Trinajstić information content (AvgIpc) is 3.35. The second kappa shape index (κ2) is 54.5. The van der Waals surface area contributed by atoms with Gasteiger partial charge in [0, 0.05) is 12.8 Å². The Labute approximate surface area is 451 Å². The van der Waals surface area contributed by atoms with Crippen LogP contribution in [-0.4, -0.2) is 70.0 Å². The number of carbonyl (C=O) groups excluding carboxylic acids is 2. The molecule has 0 fully saturated rings. The summed E-state index contributed by atoms with van der Waals surface area (Å²) in [5.41, 5.74) is 0. The first-order valence-corrected chi connectivity index (χ1v) is 32.0. The third-order valence-corrected chi connectivity index (χ3v) is 14.2. The second-order valence-electron chi connectivity index (χ2n) is 21.7. The van der Waals surface area contributed by atoms with E-state index in [4.69, 9.17) is 18.5 Å². The highest BCUT2D eigenvalue weighted by atomic mass is 31.2. The Balaban J connectivity index is 3.83. The number of phosphoric acid groups is 1. The van der Waals surface area contributed by atoms with E-state index in [1.807, 2.05) is 21.1 Å². The maximum absolute atomic E-state index is 12.8. The summed E-state index contributed by atoms with van der Waals surface area (Å²) in [6.07, 6.45) is 70.4. The van der Waals surface area contributed by atoms with Gasteiger partial charge in [-0.1, -0.05) is 254 Å². The van der Waals surface area contributed by atoms with Gasteiger partial charge in [-0.05, 0) is 70.6 Å². The lowest BCUT2D eigenvalue weighted by Crippen LogP contribution is -2.37. The lowest BCUT2D eigenvalue weighted by molar-refractivity contribution is -0.870. The molecule has 0 spiro atoms. The van der Waals surface area contributed by atoms with Gasteiger partial charge in [0.1, 0.15) is 19.8 Å². The number of carbonyl (C=O) groups is 2. The number of ether oxygens (including phenoxy) is 2. The number of quaternary nitrogens is 1. The van der Waals surface area contributed by atoms with Crippen LogP contribution in [0.15, 0.2) is 60.8 Å². The largest absolute Gasteiger partial charge is 0.756 e. The van der Waals surface area contributed by atoms with Crippen molar-refractivity contribution in [2.24, 2.45) is 0 Å². The first kappa shape index (κ1) is 70.7. The number of phosphoric ester groups is 1. The van der Waals surface area contributed by atoms with Crippen LogP contribution in [0.5, 0.6) is 0 Å². The van der Waals surface area contributed by atoms with E-state index in [0.717, 1.165) is 83.5 Å². The molecule has 0 aliphatic carbocycles. The fourth-order valence-corrected chi connectivity index (χ4v) is 9.32. The van der Waals surface area contributed by atoms with Gasteiger partial charge < -0.3 is 27.9 Å². The molecule has 0 aliphatic heterocycles. The van der Waals surface area contributed by atoms with Gasteiger partial charge in [0.05, 0.1) is 27.7 Å². The van der Waals surface area contributed by atoms with Crippen LogP contribution in [0.3, 0.4) is 0 Å². The predicted molar refractivity (Wildman–Crippen MR) is 310 cm³/mol. The summed E-state index contributed by atoms with van der Waals surface area (Å²) in [7, 11) is 1.17. The summed E-state index contributed by atoms with van der Waals surface area (Å²) >= 11 is 0. The van der Waals surface area contributed by atoms with E-state index in [9.17, 15) is 19.0 Å². The lowest BCUT2D eigenvalue weighted by Gasteiger charge is -2.28. The molecule has 2 unspecified atom stereocenters. The van der Waals surface area contributed by atoms with E-state index in [1.54, 1.807) is 0 Å². The molecular weight excluding hydrogens is 930 g/mol. The number of esters is 2. The van der Waals surface area contributed by atoms with Crippen LogP contribution in [0.1, 0.15) is 277 Å². The zero-order valence-corrected chi connectivity index (χ0v) is 49.2. The highest BCUT2D eigenvalue weighted by Gasteiger charge is 2.22. The molecule has 426 valence electrons. The van der Waals surface area contributed by atoms with Gasteiger partial charge >= 0.3 is 11.9 Å². The number of rotatable bonds is 56. The van der Waals surface area contributed by atoms with Gasteiger partial charge in [0.15, 0.2) is 6.10 Å². The summed E-state index contributed by atoms with van der Waals surface area (Å²) in [4.78, 5) is 37.7. The number of nitrogens with zero attached hydrogens (tertiary/aromatic N) is 1. The van der Waals surface area contributed by atoms with Crippen LogP contribution in [0, 0.1) is 0 Å². The highest BCUT2D eigenvalue weighted by molar-refractivity contribution is 7.45. The zero-order chi connectivity index (χ0) is 53.5. The maximum Gasteiger partial charge on any atom is 0.306 e. The van der Waals surface area contributed by atoms with E-state index in [0.29, 0.717) is 17.4 Å². The maximum atomic E-state index is 12.8. The Kier molecular flexibility index (Phi) is 52.8. The van der Waals surface area contributed by atoms with Gasteiger partial charge in [-0.15, -0.1) is 0 Å². The van der Waals surface area contributed by atoms with Crippen molar-refractivity contribution >= 4 is 19.8 Å². The zero-order valence-electron chi connectivity index (χ0n) is 48.3. The Hall–Kier alpha value is -2.29. The average molecular weight is 1050 g/mol. The van der Waals surface area contributed by atoms with Gasteiger partial charge in [-0.25, -0.2) is 0 Å². The molecule has 0 aromatic heterocycles. The molecule has 0 bridgehead atoms. The van der Waals surface area contributed by atoms with Crippen LogP contribution < -0.4 is 4.89 Å². The number of allylic oxidation sites excluding steroid dienone is 10. The normalized spacial score (nSPS) is 13.7. The van der Waals surface area contributed by atoms with Gasteiger partial charge in [-0.3, -0.25) is 14.2 Å². The van der Waals surface area contributed by atoms with E-state index in [2.05, 4.69) is 74.6 Å². The predicted octanol–water partition coefficient (Wildman–Crippen LogP) is 18.5. The molecule has 10 heteroatoms. The number of unbranched alkanes of at least 4 members (excludes halogenated alkanes) is 32. The van der Waals surface area contributed by atoms with Crippen molar-refractivity contribution in [1.29, 1.82) is 0 Å². The number of hydrogen-bond acceptors (Lipinski definition) is 8. The monoisotopic (exact) mass is 1050 g/mol. The molecule has 0 N–H and O–H groups in total. The minimum atomic E-state index is -4.63. The van der Waals surface area contributed by atoms with Crippen molar-refractivity contribution in [3.8, 4) is 0 Å². The molecule has 0 saturated heterocycles. The Morgan fingerprint density at radius 3 is 1.18 bits per heavy atom. The van der Waals surface area contributed by atoms with Gasteiger partial charge in [0.25, 0.3) is 7.82 Å². The molecule has 0 radical (unpaired) electrons. The third-order valence-electron chi connectivity index (χ3n) is 13.3. The van der Waals surface area contributed by atoms with E-state index >= 15 is 0 Å². The molecule has 9 nitrogen and oxygen atoms in total. The second-order valence-corrected chi connectivity index (χ2v) is 23.1. The summed E-state index contributed by atoms with van der Waals surface area (Å²) in [5.74, 6) is -0.837. The Morgan fingerprint density at radius 1 is 0.438 bits per heavy atom. The molecule has 0 aromatic rings. The smallest absolute Gasteiger partial charge is 0.306 e. The van der Waals surface area contributed by atoms with Crippen molar-refractivity contribution < 1.29 is 42.1 Å². The topological polar surface area (TPSA) is 111 Å². The third kappa shape index (κ3) is 58.8. The van der Waals surface area contributed by atoms with E-state index in [1.165, 1.54) is 161 Å². The van der Waals surface area contributed by atoms with Crippen molar-refractivity contribution in [2.75, 3.05) is 47.5 Å². The summed E-state index contributed by atoms with van der Waals surface area (Å²) in [5, 5.41) is 0. The molecule has 0 aliphatic rings. The first-order valence-electron chi connectivity index (χ1n) is 30.5. The summed E-state index contributed by atoms with van der Waals surface area (Å²) < 4.78 is 34.0. The van der Waals surface area contributed by atoms with Gasteiger partial charge in [0.2, 0.25) is 0 Å². The van der Waals surface area contributed by atoms with Crippen molar-refractivity contribution in [3.05, 3.63) is 60.8 Å². The molecule has 0 aromatic carbocycles. The molecule has 0 amide bonds. The Morgan fingerprint density at radius 2 is 0.781 bits per heavy atom. The van der Waals surface area contributed by atoms with Crippen molar-refractivity contribution in [2.45, 2.75) is 283 Å². The molecule has 2 atom stereocenters. The minimum Gasteiger partial charge on any atom is -0.756 e. The SMILES string of the molecule is CC/C=C\C/C=C\C/C=C\C/C=C\CCCCCCCCCCCCCCCCCCCCCCCCCCCCC(=O)OC(COC(=O)CCCCCCC/C=C\CCC)COP(=O)([O-])OCC[N+](C)(C)C. The van der Waals surface area contributed by atoms with Crippen molar-refractivity contribution in [1.82, 2.24) is 0 Å². The first-order chi connectivity index (χ1) is 35.5. The van der Waals surface area contributed by atoms with Crippen LogP contribution >= 0.6 is 7.82 Å². The van der Waals surface area contributed by atoms with E-state index in [-0.39, 0.29) is 26.1 Å². The molecular formula is C63H116NO8P. The van der Waals surface area contributed by atoms with Gasteiger partial charge in [-0.2, -0.15) is 0 Å². The molecule has 0 saturated carbocycles. The number of likely N-dealkylation sites (N-methyl/N-ethyl adjacent to an activating group) is 1. The fourth-order valence-electron chi connectivity index (χ4n) is 8.59. The summed E-state index contributed by atoms with van der Waals surface area (Å²) in [6.45, 7) is 4.07. The van der Waals surface area contributed by atoms with E-state index < -0.39 is 32.5 Å². The molecule has 0 heterocycles.